The summed E-state index contributed by atoms with van der Waals surface area (Å²) in [6.07, 6.45) is 3.56. The lowest BCUT2D eigenvalue weighted by Crippen LogP contribution is -2.28. The molecule has 0 radical (unpaired) electrons. The molecule has 0 atom stereocenters. The average Bonchev–Trinajstić information content (AvgIpc) is 3.15. The third kappa shape index (κ3) is 4.10. The second-order valence-electron chi connectivity index (χ2n) is 7.71. The van der Waals surface area contributed by atoms with Crippen molar-refractivity contribution in [3.63, 3.8) is 0 Å². The summed E-state index contributed by atoms with van der Waals surface area (Å²) in [5, 5.41) is 2.88. The highest BCUT2D eigenvalue weighted by Gasteiger charge is 2.21. The number of anilines is 1. The van der Waals surface area contributed by atoms with Gasteiger partial charge in [0.1, 0.15) is 5.69 Å². The molecule has 26 heavy (non-hydrogen) atoms. The van der Waals surface area contributed by atoms with E-state index < -0.39 is 0 Å². The first kappa shape index (κ1) is 18.1. The molecule has 0 saturated carbocycles. The van der Waals surface area contributed by atoms with Crippen LogP contribution >= 0.6 is 0 Å². The van der Waals surface area contributed by atoms with Gasteiger partial charge < -0.3 is 10.2 Å². The Labute approximate surface area is 154 Å². The first-order valence-corrected chi connectivity index (χ1v) is 9.02. The van der Waals surface area contributed by atoms with Crippen LogP contribution in [0.2, 0.25) is 0 Å². The van der Waals surface area contributed by atoms with Crippen LogP contribution in [-0.4, -0.2) is 34.8 Å². The van der Waals surface area contributed by atoms with Crippen molar-refractivity contribution in [2.45, 2.75) is 39.0 Å². The lowest BCUT2D eigenvalue weighted by molar-refractivity contribution is 0.0787. The fourth-order valence-electron chi connectivity index (χ4n) is 3.03. The lowest BCUT2D eigenvalue weighted by Gasteiger charge is -2.19. The third-order valence-corrected chi connectivity index (χ3v) is 4.64. The predicted octanol–water partition coefficient (Wildman–Crippen LogP) is 3.87. The number of carbonyl (C=O) groups excluding carboxylic acids is 2. The molecule has 1 aromatic heterocycles. The summed E-state index contributed by atoms with van der Waals surface area (Å²) in [4.78, 5) is 30.9. The zero-order chi connectivity index (χ0) is 18.7. The maximum absolute atomic E-state index is 12.5. The van der Waals surface area contributed by atoms with Crippen LogP contribution in [0.3, 0.4) is 0 Å². The van der Waals surface area contributed by atoms with Crippen LogP contribution in [0.1, 0.15) is 60.0 Å². The molecule has 1 saturated heterocycles. The highest BCUT2D eigenvalue weighted by Crippen LogP contribution is 2.23. The second kappa shape index (κ2) is 7.28. The fourth-order valence-corrected chi connectivity index (χ4v) is 3.03. The number of nitrogens with one attached hydrogen (secondary N) is 1. The van der Waals surface area contributed by atoms with Crippen LogP contribution < -0.4 is 5.32 Å². The number of likely N-dealkylation sites (tertiary alicyclic amines) is 1. The van der Waals surface area contributed by atoms with Gasteiger partial charge >= 0.3 is 0 Å². The largest absolute Gasteiger partial charge is 0.337 e. The van der Waals surface area contributed by atoms with Gasteiger partial charge in [0.05, 0.1) is 0 Å². The van der Waals surface area contributed by atoms with E-state index in [0.29, 0.717) is 11.3 Å². The number of pyridine rings is 1. The van der Waals surface area contributed by atoms with Gasteiger partial charge in [-0.15, -0.1) is 0 Å². The Balaban J connectivity index is 1.72. The van der Waals surface area contributed by atoms with Crippen LogP contribution in [0, 0.1) is 0 Å². The van der Waals surface area contributed by atoms with Gasteiger partial charge in [-0.2, -0.15) is 0 Å². The molecule has 136 valence electrons. The van der Waals surface area contributed by atoms with Crippen LogP contribution in [0.25, 0.3) is 0 Å². The Morgan fingerprint density at radius 1 is 1.04 bits per heavy atom. The molecule has 0 unspecified atom stereocenters. The summed E-state index contributed by atoms with van der Waals surface area (Å²) in [6, 6.07) is 11.0. The van der Waals surface area contributed by atoms with E-state index in [9.17, 15) is 9.59 Å². The topological polar surface area (TPSA) is 62.3 Å². The molecular formula is C21H25N3O2. The van der Waals surface area contributed by atoms with Gasteiger partial charge in [0.25, 0.3) is 11.8 Å². The minimum atomic E-state index is -0.244. The number of hydrogen-bond acceptors (Lipinski definition) is 3. The molecule has 0 bridgehead atoms. The monoisotopic (exact) mass is 351 g/mol. The van der Waals surface area contributed by atoms with Crippen LogP contribution in [0.5, 0.6) is 0 Å². The van der Waals surface area contributed by atoms with Crippen LogP contribution in [-0.2, 0) is 5.41 Å². The molecule has 0 spiro atoms. The Morgan fingerprint density at radius 3 is 2.31 bits per heavy atom. The fraction of sp³-hybridized carbons (Fsp3) is 0.381. The summed E-state index contributed by atoms with van der Waals surface area (Å²) in [6.45, 7) is 7.97. The Kier molecular flexibility index (Phi) is 5.07. The van der Waals surface area contributed by atoms with E-state index in [-0.39, 0.29) is 17.2 Å². The standard InChI is InChI=1S/C21H25N3O2/c1-21(2,3)16-6-8-17(9-7-16)23-19(25)15-10-11-22-18(14-15)20(26)24-12-4-5-13-24/h6-11,14H,4-5,12-13H2,1-3H3,(H,23,25). The van der Waals surface area contributed by atoms with Crippen molar-refractivity contribution < 1.29 is 9.59 Å². The molecule has 5 nitrogen and oxygen atoms in total. The first-order valence-electron chi connectivity index (χ1n) is 9.02. The summed E-state index contributed by atoms with van der Waals surface area (Å²) in [7, 11) is 0. The Bertz CT molecular complexity index is 801. The van der Waals surface area contributed by atoms with E-state index in [1.165, 1.54) is 11.8 Å². The van der Waals surface area contributed by atoms with E-state index in [1.54, 1.807) is 17.0 Å². The molecular weight excluding hydrogens is 326 g/mol. The van der Waals surface area contributed by atoms with Gasteiger partial charge in [0, 0.05) is 30.5 Å². The molecule has 1 aliphatic heterocycles. The van der Waals surface area contributed by atoms with Crippen molar-refractivity contribution in [1.82, 2.24) is 9.88 Å². The van der Waals surface area contributed by atoms with E-state index in [0.717, 1.165) is 31.6 Å². The molecule has 1 aromatic carbocycles. The molecule has 1 N–H and O–H groups in total. The van der Waals surface area contributed by atoms with Gasteiger partial charge in [0.15, 0.2) is 0 Å². The number of carbonyl (C=O) groups is 2. The molecule has 1 aliphatic rings. The third-order valence-electron chi connectivity index (χ3n) is 4.64. The van der Waals surface area contributed by atoms with Crippen molar-refractivity contribution in [3.8, 4) is 0 Å². The minimum absolute atomic E-state index is 0.0679. The maximum atomic E-state index is 12.5. The quantitative estimate of drug-likeness (QED) is 0.913. The number of aromatic nitrogens is 1. The minimum Gasteiger partial charge on any atom is -0.337 e. The van der Waals surface area contributed by atoms with E-state index >= 15 is 0 Å². The number of benzene rings is 1. The van der Waals surface area contributed by atoms with Crippen LogP contribution in [0.4, 0.5) is 5.69 Å². The number of amides is 2. The molecule has 5 heteroatoms. The maximum Gasteiger partial charge on any atom is 0.272 e. The first-order chi connectivity index (χ1) is 12.3. The van der Waals surface area contributed by atoms with Crippen LogP contribution in [0.15, 0.2) is 42.6 Å². The van der Waals surface area contributed by atoms with Crippen molar-refractivity contribution in [2.24, 2.45) is 0 Å². The number of nitrogens with zero attached hydrogens (tertiary/aromatic N) is 2. The molecule has 3 rings (SSSR count). The van der Waals surface area contributed by atoms with E-state index in [4.69, 9.17) is 0 Å². The van der Waals surface area contributed by atoms with Crippen molar-refractivity contribution in [3.05, 3.63) is 59.4 Å². The van der Waals surface area contributed by atoms with Gasteiger partial charge in [-0.05, 0) is 48.1 Å². The Hall–Kier alpha value is -2.69. The lowest BCUT2D eigenvalue weighted by atomic mass is 9.87. The van der Waals surface area contributed by atoms with E-state index in [2.05, 4.69) is 31.1 Å². The summed E-state index contributed by atoms with van der Waals surface area (Å²) in [5.74, 6) is -0.349. The molecule has 0 aliphatic carbocycles. The molecule has 2 aromatic rings. The van der Waals surface area contributed by atoms with Gasteiger partial charge in [0.2, 0.25) is 0 Å². The molecule has 1 fully saturated rings. The number of hydrogen-bond donors (Lipinski definition) is 1. The summed E-state index contributed by atoms with van der Waals surface area (Å²) < 4.78 is 0. The second-order valence-corrected chi connectivity index (χ2v) is 7.71. The predicted molar refractivity (Wildman–Crippen MR) is 102 cm³/mol. The summed E-state index contributed by atoms with van der Waals surface area (Å²) in [5.41, 5.74) is 2.76. The van der Waals surface area contributed by atoms with Gasteiger partial charge in [-0.1, -0.05) is 32.9 Å². The van der Waals surface area contributed by atoms with Crippen molar-refractivity contribution in [2.75, 3.05) is 18.4 Å². The Morgan fingerprint density at radius 2 is 1.69 bits per heavy atom. The van der Waals surface area contributed by atoms with Crippen molar-refractivity contribution >= 4 is 17.5 Å². The number of rotatable bonds is 3. The zero-order valence-electron chi connectivity index (χ0n) is 15.6. The van der Waals surface area contributed by atoms with E-state index in [1.807, 2.05) is 24.3 Å². The zero-order valence-corrected chi connectivity index (χ0v) is 15.6. The molecule has 2 heterocycles. The SMILES string of the molecule is CC(C)(C)c1ccc(NC(=O)c2ccnc(C(=O)N3CCCC3)c2)cc1. The van der Waals surface area contributed by atoms with Gasteiger partial charge in [-0.3, -0.25) is 14.6 Å². The average molecular weight is 351 g/mol. The normalized spacial score (nSPS) is 14.3. The smallest absolute Gasteiger partial charge is 0.272 e. The highest BCUT2D eigenvalue weighted by atomic mass is 16.2. The molecule has 2 amide bonds. The summed E-state index contributed by atoms with van der Waals surface area (Å²) >= 11 is 0. The van der Waals surface area contributed by atoms with Gasteiger partial charge in [-0.25, -0.2) is 0 Å². The van der Waals surface area contributed by atoms with Crippen molar-refractivity contribution in [1.29, 1.82) is 0 Å². The highest BCUT2D eigenvalue weighted by molar-refractivity contribution is 6.05.